The summed E-state index contributed by atoms with van der Waals surface area (Å²) in [7, 11) is 0. The molecule has 0 bridgehead atoms. The van der Waals surface area contributed by atoms with Crippen LogP contribution in [0.3, 0.4) is 0 Å². The summed E-state index contributed by atoms with van der Waals surface area (Å²) in [6, 6.07) is 26.9. The SMILES string of the molecule is CCCCOc1ccc(C=Nc2nc(-c3ccc(C)cc3)c(-c3ccccc3)s2)cc1. The fraction of sp³-hybridized carbons (Fsp3) is 0.185. The zero-order valence-electron chi connectivity index (χ0n) is 17.9. The quantitative estimate of drug-likeness (QED) is 0.213. The van der Waals surface area contributed by atoms with Crippen LogP contribution >= 0.6 is 11.3 Å². The van der Waals surface area contributed by atoms with Crippen molar-refractivity contribution in [1.82, 2.24) is 4.98 Å². The minimum atomic E-state index is 0.748. The molecule has 4 heteroatoms. The van der Waals surface area contributed by atoms with E-state index < -0.39 is 0 Å². The van der Waals surface area contributed by atoms with Crippen LogP contribution < -0.4 is 4.74 Å². The predicted molar refractivity (Wildman–Crippen MR) is 132 cm³/mol. The summed E-state index contributed by atoms with van der Waals surface area (Å²) in [5.74, 6) is 0.896. The van der Waals surface area contributed by atoms with Gasteiger partial charge in [-0.1, -0.05) is 84.8 Å². The van der Waals surface area contributed by atoms with Gasteiger partial charge in [0.15, 0.2) is 0 Å². The van der Waals surface area contributed by atoms with Crippen LogP contribution in [0.15, 0.2) is 83.9 Å². The highest BCUT2D eigenvalue weighted by Gasteiger charge is 2.14. The van der Waals surface area contributed by atoms with Crippen molar-refractivity contribution < 1.29 is 4.74 Å². The van der Waals surface area contributed by atoms with Crippen LogP contribution in [0.25, 0.3) is 21.7 Å². The summed E-state index contributed by atoms with van der Waals surface area (Å²) >= 11 is 1.61. The molecule has 0 atom stereocenters. The van der Waals surface area contributed by atoms with Crippen LogP contribution in [0.2, 0.25) is 0 Å². The second-order valence-corrected chi connectivity index (χ2v) is 8.41. The Balaban J connectivity index is 1.59. The third kappa shape index (κ3) is 5.47. The Labute approximate surface area is 188 Å². The lowest BCUT2D eigenvalue weighted by Gasteiger charge is -2.04. The molecule has 0 aliphatic rings. The lowest BCUT2D eigenvalue weighted by atomic mass is 10.1. The molecule has 0 unspecified atom stereocenters. The number of hydrogen-bond donors (Lipinski definition) is 0. The topological polar surface area (TPSA) is 34.5 Å². The average molecular weight is 427 g/mol. The highest BCUT2D eigenvalue weighted by atomic mass is 32.1. The maximum atomic E-state index is 5.73. The van der Waals surface area contributed by atoms with E-state index in [1.165, 1.54) is 5.56 Å². The number of hydrogen-bond acceptors (Lipinski definition) is 4. The average Bonchev–Trinajstić information content (AvgIpc) is 3.24. The molecule has 0 aliphatic carbocycles. The standard InChI is InChI=1S/C27H26N2OS/c1-3-4-18-30-24-16-12-21(13-17-24)19-28-27-29-25(22-14-10-20(2)11-15-22)26(31-27)23-8-6-5-7-9-23/h5-17,19H,3-4,18H2,1-2H3. The van der Waals surface area contributed by atoms with Crippen LogP contribution in [-0.2, 0) is 0 Å². The second-order valence-electron chi connectivity index (χ2n) is 7.44. The van der Waals surface area contributed by atoms with E-state index >= 15 is 0 Å². The molecule has 4 aromatic rings. The van der Waals surface area contributed by atoms with Gasteiger partial charge in [0.25, 0.3) is 0 Å². The number of thiazole rings is 1. The Morgan fingerprint density at radius 2 is 1.65 bits per heavy atom. The zero-order valence-corrected chi connectivity index (χ0v) is 18.7. The lowest BCUT2D eigenvalue weighted by Crippen LogP contribution is -1.96. The van der Waals surface area contributed by atoms with Crippen LogP contribution in [0.5, 0.6) is 5.75 Å². The van der Waals surface area contributed by atoms with E-state index in [-0.39, 0.29) is 0 Å². The smallest absolute Gasteiger partial charge is 0.210 e. The van der Waals surface area contributed by atoms with E-state index in [2.05, 4.69) is 67.4 Å². The molecular formula is C27H26N2OS. The molecule has 156 valence electrons. The van der Waals surface area contributed by atoms with Gasteiger partial charge < -0.3 is 4.74 Å². The van der Waals surface area contributed by atoms with Crippen molar-refractivity contribution in [3.05, 3.63) is 90.0 Å². The molecular weight excluding hydrogens is 400 g/mol. The Morgan fingerprint density at radius 1 is 0.903 bits per heavy atom. The van der Waals surface area contributed by atoms with Gasteiger partial charge in [0.1, 0.15) is 5.75 Å². The van der Waals surface area contributed by atoms with E-state index in [4.69, 9.17) is 9.72 Å². The number of nitrogens with zero attached hydrogens (tertiary/aromatic N) is 2. The minimum Gasteiger partial charge on any atom is -0.494 e. The molecule has 0 saturated carbocycles. The van der Waals surface area contributed by atoms with Crippen LogP contribution in [0, 0.1) is 6.92 Å². The highest BCUT2D eigenvalue weighted by Crippen LogP contribution is 2.40. The summed E-state index contributed by atoms with van der Waals surface area (Å²) < 4.78 is 5.73. The first-order chi connectivity index (χ1) is 15.2. The summed E-state index contributed by atoms with van der Waals surface area (Å²) in [6.45, 7) is 5.01. The summed E-state index contributed by atoms with van der Waals surface area (Å²) in [5, 5.41) is 0.748. The van der Waals surface area contributed by atoms with Gasteiger partial charge in [0.05, 0.1) is 17.2 Å². The van der Waals surface area contributed by atoms with E-state index in [9.17, 15) is 0 Å². The van der Waals surface area contributed by atoms with Gasteiger partial charge in [-0.2, -0.15) is 0 Å². The van der Waals surface area contributed by atoms with Gasteiger partial charge in [-0.3, -0.25) is 0 Å². The van der Waals surface area contributed by atoms with E-state index in [0.717, 1.165) is 57.6 Å². The zero-order chi connectivity index (χ0) is 21.5. The van der Waals surface area contributed by atoms with Crippen LogP contribution in [0.1, 0.15) is 30.9 Å². The molecule has 4 rings (SSSR count). The maximum Gasteiger partial charge on any atom is 0.210 e. The largest absolute Gasteiger partial charge is 0.494 e. The first-order valence-electron chi connectivity index (χ1n) is 10.6. The summed E-state index contributed by atoms with van der Waals surface area (Å²) in [4.78, 5) is 10.7. The molecule has 0 spiro atoms. The third-order valence-corrected chi connectivity index (χ3v) is 5.96. The third-order valence-electron chi connectivity index (χ3n) is 4.95. The van der Waals surface area contributed by atoms with Gasteiger partial charge >= 0.3 is 0 Å². The van der Waals surface area contributed by atoms with Crippen molar-refractivity contribution in [1.29, 1.82) is 0 Å². The molecule has 1 heterocycles. The number of ether oxygens (including phenoxy) is 1. The number of aryl methyl sites for hydroxylation is 1. The number of rotatable bonds is 8. The monoisotopic (exact) mass is 426 g/mol. The molecule has 0 radical (unpaired) electrons. The molecule has 0 N–H and O–H groups in total. The summed E-state index contributed by atoms with van der Waals surface area (Å²) in [5.41, 5.74) is 5.50. The first-order valence-corrected chi connectivity index (χ1v) is 11.4. The number of aliphatic imine (C=N–C) groups is 1. The minimum absolute atomic E-state index is 0.748. The van der Waals surface area contributed by atoms with Gasteiger partial charge in [-0.25, -0.2) is 9.98 Å². The van der Waals surface area contributed by atoms with Crippen LogP contribution in [-0.4, -0.2) is 17.8 Å². The second kappa shape index (κ2) is 10.2. The predicted octanol–water partition coefficient (Wildman–Crippen LogP) is 7.72. The van der Waals surface area contributed by atoms with Gasteiger partial charge in [-0.15, -0.1) is 0 Å². The van der Waals surface area contributed by atoms with Crippen molar-refractivity contribution in [3.8, 4) is 27.4 Å². The highest BCUT2D eigenvalue weighted by molar-refractivity contribution is 7.19. The van der Waals surface area contributed by atoms with E-state index in [1.807, 2.05) is 36.5 Å². The number of unbranched alkanes of at least 4 members (excludes halogenated alkanes) is 1. The van der Waals surface area contributed by atoms with Crippen molar-refractivity contribution in [3.63, 3.8) is 0 Å². The molecule has 3 nitrogen and oxygen atoms in total. The van der Waals surface area contributed by atoms with Gasteiger partial charge in [0.2, 0.25) is 5.13 Å². The Bertz CT molecular complexity index is 1130. The normalized spacial score (nSPS) is 11.2. The maximum absolute atomic E-state index is 5.73. The van der Waals surface area contributed by atoms with Crippen molar-refractivity contribution in [2.45, 2.75) is 26.7 Å². The number of benzene rings is 3. The van der Waals surface area contributed by atoms with Gasteiger partial charge in [0, 0.05) is 11.8 Å². The summed E-state index contributed by atoms with van der Waals surface area (Å²) in [6.07, 6.45) is 4.07. The molecule has 0 fully saturated rings. The Morgan fingerprint density at radius 3 is 2.35 bits per heavy atom. The van der Waals surface area contributed by atoms with Gasteiger partial charge in [-0.05, 0) is 48.7 Å². The number of aromatic nitrogens is 1. The molecule has 0 saturated heterocycles. The Hall–Kier alpha value is -3.24. The van der Waals surface area contributed by atoms with Crippen LogP contribution in [0.4, 0.5) is 5.13 Å². The molecule has 3 aromatic carbocycles. The molecule has 0 amide bonds. The van der Waals surface area contributed by atoms with E-state index in [0.29, 0.717) is 0 Å². The fourth-order valence-corrected chi connectivity index (χ4v) is 4.11. The fourth-order valence-electron chi connectivity index (χ4n) is 3.17. The van der Waals surface area contributed by atoms with Crippen molar-refractivity contribution >= 4 is 22.7 Å². The molecule has 1 aromatic heterocycles. The van der Waals surface area contributed by atoms with Crippen molar-refractivity contribution in [2.24, 2.45) is 4.99 Å². The molecule has 31 heavy (non-hydrogen) atoms. The van der Waals surface area contributed by atoms with E-state index in [1.54, 1.807) is 11.3 Å². The first kappa shape index (κ1) is 21.0. The Kier molecular flexibility index (Phi) is 6.90. The molecule has 0 aliphatic heterocycles. The lowest BCUT2D eigenvalue weighted by molar-refractivity contribution is 0.309. The van der Waals surface area contributed by atoms with Crippen molar-refractivity contribution in [2.75, 3.05) is 6.61 Å².